The predicted molar refractivity (Wildman–Crippen MR) is 103 cm³/mol. The minimum atomic E-state index is -0.00130. The number of carbonyl (C=O) groups is 1. The van der Waals surface area contributed by atoms with Crippen LogP contribution in [0.1, 0.15) is 65.5 Å². The van der Waals surface area contributed by atoms with Gasteiger partial charge in [-0.15, -0.1) is 0 Å². The van der Waals surface area contributed by atoms with E-state index in [2.05, 4.69) is 24.3 Å². The van der Waals surface area contributed by atoms with Crippen molar-refractivity contribution in [1.29, 1.82) is 0 Å². The van der Waals surface area contributed by atoms with Crippen LogP contribution < -0.4 is 0 Å². The Morgan fingerprint density at radius 1 is 0.739 bits per heavy atom. The Balaban J connectivity index is 0.000000728. The quantitative estimate of drug-likeness (QED) is 0.531. The van der Waals surface area contributed by atoms with E-state index in [0.717, 1.165) is 11.1 Å². The highest BCUT2D eigenvalue weighted by molar-refractivity contribution is 5.93. The number of ketones is 1. The summed E-state index contributed by atoms with van der Waals surface area (Å²) in [4.78, 5) is 12.1. The van der Waals surface area contributed by atoms with Crippen LogP contribution in [-0.2, 0) is 11.2 Å². The summed E-state index contributed by atoms with van der Waals surface area (Å²) in [5.74, 6) is 0.306. The molecule has 0 spiro atoms. The van der Waals surface area contributed by atoms with Gasteiger partial charge in [-0.2, -0.15) is 0 Å². The molecule has 0 N–H and O–H groups in total. The van der Waals surface area contributed by atoms with Gasteiger partial charge < -0.3 is 0 Å². The lowest BCUT2D eigenvalue weighted by atomic mass is 9.92. The molecule has 1 aliphatic carbocycles. The maximum Gasteiger partial charge on any atom is 0.144 e. The minimum absolute atomic E-state index is 0.00130. The predicted octanol–water partition coefficient (Wildman–Crippen LogP) is 6.66. The Morgan fingerprint density at radius 2 is 1.22 bits per heavy atom. The molecule has 2 aromatic rings. The van der Waals surface area contributed by atoms with E-state index in [4.69, 9.17) is 0 Å². The molecule has 0 fully saturated rings. The van der Waals surface area contributed by atoms with Gasteiger partial charge in [-0.1, -0.05) is 97.0 Å². The molecule has 0 radical (unpaired) electrons. The van der Waals surface area contributed by atoms with E-state index in [-0.39, 0.29) is 5.92 Å². The van der Waals surface area contributed by atoms with Gasteiger partial charge in [0.15, 0.2) is 0 Å². The highest BCUT2D eigenvalue weighted by Crippen LogP contribution is 2.36. The number of benzene rings is 2. The number of fused-ring (bicyclic) bond motifs is 3. The Bertz CT molecular complexity index is 584. The first kappa shape index (κ1) is 21.1. The summed E-state index contributed by atoms with van der Waals surface area (Å²) in [6, 6.07) is 16.4. The van der Waals surface area contributed by atoms with Gasteiger partial charge in [0.2, 0.25) is 0 Å². The molecule has 0 bridgehead atoms. The molecule has 0 amide bonds. The van der Waals surface area contributed by atoms with Crippen LogP contribution in [0.25, 0.3) is 11.1 Å². The summed E-state index contributed by atoms with van der Waals surface area (Å²) in [6.07, 6.45) is 0.548. The molecule has 2 aromatic carbocycles. The van der Waals surface area contributed by atoms with Crippen molar-refractivity contribution < 1.29 is 4.79 Å². The van der Waals surface area contributed by atoms with Crippen LogP contribution in [0, 0.1) is 0 Å². The van der Waals surface area contributed by atoms with Gasteiger partial charge >= 0.3 is 0 Å². The van der Waals surface area contributed by atoms with Gasteiger partial charge in [-0.05, 0) is 22.3 Å². The van der Waals surface area contributed by atoms with Crippen molar-refractivity contribution in [2.75, 3.05) is 0 Å². The molecule has 0 aliphatic heterocycles. The van der Waals surface area contributed by atoms with Crippen LogP contribution >= 0.6 is 0 Å². The summed E-state index contributed by atoms with van der Waals surface area (Å²) in [7, 11) is 0. The Labute approximate surface area is 142 Å². The molecule has 1 aliphatic rings. The zero-order valence-electron chi connectivity index (χ0n) is 15.8. The van der Waals surface area contributed by atoms with E-state index in [0.29, 0.717) is 12.2 Å². The van der Waals surface area contributed by atoms with Gasteiger partial charge in [0.1, 0.15) is 5.78 Å². The van der Waals surface area contributed by atoms with E-state index >= 15 is 0 Å². The average molecular weight is 312 g/mol. The lowest BCUT2D eigenvalue weighted by Crippen LogP contribution is -2.09. The normalized spacial score (nSPS) is 14.2. The third-order valence-corrected chi connectivity index (χ3v) is 3.58. The number of hydrogen-bond donors (Lipinski definition) is 0. The van der Waals surface area contributed by atoms with Crippen molar-refractivity contribution in [3.05, 3.63) is 59.7 Å². The molecule has 0 aromatic heterocycles. The second kappa shape index (κ2) is 11.6. The first-order valence-corrected chi connectivity index (χ1v) is 8.97. The summed E-state index contributed by atoms with van der Waals surface area (Å²) in [6.45, 7) is 14.0. The lowest BCUT2D eigenvalue weighted by molar-refractivity contribution is -0.119. The average Bonchev–Trinajstić information content (AvgIpc) is 2.76. The lowest BCUT2D eigenvalue weighted by Gasteiger charge is -2.11. The highest BCUT2D eigenvalue weighted by Gasteiger charge is 2.24. The minimum Gasteiger partial charge on any atom is -0.299 e. The van der Waals surface area contributed by atoms with Crippen LogP contribution in [-0.4, -0.2) is 5.78 Å². The van der Waals surface area contributed by atoms with Crippen molar-refractivity contribution in [3.8, 4) is 11.1 Å². The van der Waals surface area contributed by atoms with Crippen LogP contribution in [0.4, 0.5) is 0 Å². The molecule has 0 saturated heterocycles. The molecule has 126 valence electrons. The van der Waals surface area contributed by atoms with E-state index in [1.807, 2.05) is 72.7 Å². The topological polar surface area (TPSA) is 17.1 Å². The van der Waals surface area contributed by atoms with Gasteiger partial charge in [0.05, 0.1) is 0 Å². The number of Topliss-reactive ketones (excluding diaryl/α,β-unsaturated/α-hetero) is 1. The van der Waals surface area contributed by atoms with Crippen LogP contribution in [0.2, 0.25) is 0 Å². The van der Waals surface area contributed by atoms with Crippen molar-refractivity contribution >= 4 is 5.78 Å². The van der Waals surface area contributed by atoms with Crippen molar-refractivity contribution in [2.45, 2.75) is 60.8 Å². The third-order valence-electron chi connectivity index (χ3n) is 3.58. The van der Waals surface area contributed by atoms with Gasteiger partial charge in [-0.3, -0.25) is 4.79 Å². The molecule has 1 heteroatoms. The van der Waals surface area contributed by atoms with Crippen molar-refractivity contribution in [1.82, 2.24) is 0 Å². The fraction of sp³-hybridized carbons (Fsp3) is 0.409. The van der Waals surface area contributed by atoms with E-state index in [1.54, 1.807) is 0 Å². The number of carbonyl (C=O) groups excluding carboxylic acids is 1. The molecule has 1 nitrogen and oxygen atoms in total. The highest BCUT2D eigenvalue weighted by atomic mass is 16.1. The SMILES string of the molecule is CC.CC.CC.CC1C(=O)Cc2ccccc2-c2ccccc21. The van der Waals surface area contributed by atoms with E-state index < -0.39 is 0 Å². The zero-order valence-corrected chi connectivity index (χ0v) is 15.8. The molecule has 23 heavy (non-hydrogen) atoms. The van der Waals surface area contributed by atoms with Crippen molar-refractivity contribution in [3.63, 3.8) is 0 Å². The largest absolute Gasteiger partial charge is 0.299 e. The third kappa shape index (κ3) is 5.06. The maximum absolute atomic E-state index is 12.1. The van der Waals surface area contributed by atoms with Crippen molar-refractivity contribution in [2.24, 2.45) is 0 Å². The van der Waals surface area contributed by atoms with Crippen LogP contribution in [0.3, 0.4) is 0 Å². The van der Waals surface area contributed by atoms with Crippen LogP contribution in [0.5, 0.6) is 0 Å². The Hall–Kier alpha value is -1.89. The standard InChI is InChI=1S/C16H14O.3C2H6/c1-11-13-7-4-5-9-15(13)14-8-3-2-6-12(14)10-16(11)17;3*1-2/h2-9,11H,10H2,1H3;3*1-2H3. The summed E-state index contributed by atoms with van der Waals surface area (Å²) >= 11 is 0. The maximum atomic E-state index is 12.1. The first-order valence-electron chi connectivity index (χ1n) is 8.97. The Morgan fingerprint density at radius 3 is 1.83 bits per heavy atom. The summed E-state index contributed by atoms with van der Waals surface area (Å²) < 4.78 is 0. The fourth-order valence-corrected chi connectivity index (χ4v) is 2.57. The molecular formula is C22H32O. The van der Waals surface area contributed by atoms with E-state index in [9.17, 15) is 4.79 Å². The zero-order chi connectivity index (χ0) is 17.8. The second-order valence-corrected chi connectivity index (χ2v) is 4.61. The van der Waals surface area contributed by atoms with Gasteiger partial charge in [-0.25, -0.2) is 0 Å². The molecule has 1 unspecified atom stereocenters. The first-order chi connectivity index (χ1) is 11.3. The molecular weight excluding hydrogens is 280 g/mol. The fourth-order valence-electron chi connectivity index (χ4n) is 2.57. The Kier molecular flexibility index (Phi) is 10.7. The molecule has 0 saturated carbocycles. The molecule has 0 heterocycles. The summed E-state index contributed by atoms with van der Waals surface area (Å²) in [5, 5.41) is 0. The van der Waals surface area contributed by atoms with E-state index in [1.165, 1.54) is 11.1 Å². The summed E-state index contributed by atoms with van der Waals surface area (Å²) in [5.41, 5.74) is 4.72. The molecule has 1 atom stereocenters. The van der Waals surface area contributed by atoms with Gasteiger partial charge in [0.25, 0.3) is 0 Å². The number of hydrogen-bond acceptors (Lipinski definition) is 1. The number of rotatable bonds is 0. The second-order valence-electron chi connectivity index (χ2n) is 4.61. The van der Waals surface area contributed by atoms with Gasteiger partial charge in [0, 0.05) is 12.3 Å². The smallest absolute Gasteiger partial charge is 0.144 e. The molecule has 3 rings (SSSR count). The van der Waals surface area contributed by atoms with Crippen LogP contribution in [0.15, 0.2) is 48.5 Å². The monoisotopic (exact) mass is 312 g/mol.